The molecule has 1 aromatic carbocycles. The molecule has 4 nitrogen and oxygen atoms in total. The molecule has 0 spiro atoms. The predicted octanol–water partition coefficient (Wildman–Crippen LogP) is 1.33. The lowest BCUT2D eigenvalue weighted by Crippen LogP contribution is -2.40. The number of Topliss-reactive ketones (excluding diaryl/α,β-unsaturated/α-hetero) is 1. The summed E-state index contributed by atoms with van der Waals surface area (Å²) in [7, 11) is 0. The van der Waals surface area contributed by atoms with Crippen LogP contribution in [0, 0.1) is 13.8 Å². The Balaban J connectivity index is 2.66. The van der Waals surface area contributed by atoms with Crippen molar-refractivity contribution in [2.75, 3.05) is 0 Å². The highest BCUT2D eigenvalue weighted by Crippen LogP contribution is 2.38. The molecule has 0 aromatic heterocycles. The minimum absolute atomic E-state index is 0.134. The van der Waals surface area contributed by atoms with E-state index in [0.717, 1.165) is 0 Å². The van der Waals surface area contributed by atoms with Gasteiger partial charge in [0.2, 0.25) is 0 Å². The molecule has 2 atom stereocenters. The largest absolute Gasteiger partial charge is 0.507 e. The number of aromatic hydroxyl groups is 1. The van der Waals surface area contributed by atoms with Gasteiger partial charge in [0, 0.05) is 5.56 Å². The van der Waals surface area contributed by atoms with Crippen LogP contribution in [0.4, 0.5) is 0 Å². The number of hydrogen-bond donors (Lipinski definition) is 2. The van der Waals surface area contributed by atoms with Crippen LogP contribution in [0.15, 0.2) is 6.07 Å². The third kappa shape index (κ3) is 1.38. The van der Waals surface area contributed by atoms with E-state index in [4.69, 9.17) is 4.74 Å². The second-order valence-corrected chi connectivity index (χ2v) is 4.18. The normalized spacial score (nSPS) is 23.9. The zero-order valence-corrected chi connectivity index (χ0v) is 9.44. The molecule has 1 aliphatic heterocycles. The van der Waals surface area contributed by atoms with Gasteiger partial charge in [0.15, 0.2) is 11.9 Å². The van der Waals surface area contributed by atoms with Crippen molar-refractivity contribution >= 4 is 5.78 Å². The van der Waals surface area contributed by atoms with Gasteiger partial charge in [0.25, 0.3) is 0 Å². The third-order valence-electron chi connectivity index (χ3n) is 2.96. The Kier molecular flexibility index (Phi) is 2.39. The zero-order chi connectivity index (χ0) is 12.0. The number of ether oxygens (including phenoxy) is 1. The first-order valence-electron chi connectivity index (χ1n) is 5.15. The topological polar surface area (TPSA) is 66.8 Å². The van der Waals surface area contributed by atoms with Gasteiger partial charge in [-0.25, -0.2) is 0 Å². The number of phenolic OH excluding ortho intramolecular Hbond substituents is 1. The summed E-state index contributed by atoms with van der Waals surface area (Å²) in [6, 6.07) is 1.55. The summed E-state index contributed by atoms with van der Waals surface area (Å²) < 4.78 is 5.45. The average molecular weight is 222 g/mol. The predicted molar refractivity (Wildman–Crippen MR) is 58.0 cm³/mol. The van der Waals surface area contributed by atoms with E-state index in [2.05, 4.69) is 0 Å². The van der Waals surface area contributed by atoms with E-state index < -0.39 is 12.2 Å². The summed E-state index contributed by atoms with van der Waals surface area (Å²) >= 11 is 0. The first-order valence-corrected chi connectivity index (χ1v) is 5.15. The molecule has 2 unspecified atom stereocenters. The van der Waals surface area contributed by atoms with Gasteiger partial charge in [-0.1, -0.05) is 0 Å². The minimum atomic E-state index is -1.13. The Morgan fingerprint density at radius 3 is 2.62 bits per heavy atom. The first kappa shape index (κ1) is 11.0. The van der Waals surface area contributed by atoms with Crippen LogP contribution in [0.2, 0.25) is 0 Å². The van der Waals surface area contributed by atoms with Gasteiger partial charge in [-0.3, -0.25) is 4.79 Å². The van der Waals surface area contributed by atoms with Crippen molar-refractivity contribution in [1.82, 2.24) is 0 Å². The van der Waals surface area contributed by atoms with Crippen molar-refractivity contribution in [2.45, 2.75) is 33.0 Å². The summed E-state index contributed by atoms with van der Waals surface area (Å²) in [6.45, 7) is 5.03. The van der Waals surface area contributed by atoms with Crippen LogP contribution >= 0.6 is 0 Å². The molecule has 86 valence electrons. The second kappa shape index (κ2) is 3.49. The second-order valence-electron chi connectivity index (χ2n) is 4.18. The molecule has 0 bridgehead atoms. The number of carbonyl (C=O) groups excluding carboxylic acids is 1. The minimum Gasteiger partial charge on any atom is -0.507 e. The number of carbonyl (C=O) groups is 1. The average Bonchev–Trinajstić information content (AvgIpc) is 2.25. The number of aliphatic hydroxyl groups excluding tert-OH is 1. The molecule has 0 radical (unpaired) electrons. The maximum absolute atomic E-state index is 11.8. The number of rotatable bonds is 0. The smallest absolute Gasteiger partial charge is 0.198 e. The van der Waals surface area contributed by atoms with Crippen molar-refractivity contribution < 1.29 is 19.7 Å². The van der Waals surface area contributed by atoms with E-state index in [1.807, 2.05) is 0 Å². The van der Waals surface area contributed by atoms with E-state index in [0.29, 0.717) is 22.4 Å². The lowest BCUT2D eigenvalue weighted by Gasteiger charge is -2.28. The van der Waals surface area contributed by atoms with Gasteiger partial charge in [0.05, 0.1) is 5.56 Å². The van der Waals surface area contributed by atoms with Crippen LogP contribution in [0.1, 0.15) is 28.4 Å². The number of ketones is 1. The summed E-state index contributed by atoms with van der Waals surface area (Å²) in [6.07, 6.45) is -1.71. The fourth-order valence-electron chi connectivity index (χ4n) is 1.91. The number of aryl methyl sites for hydroxylation is 1. The van der Waals surface area contributed by atoms with Gasteiger partial charge in [-0.15, -0.1) is 0 Å². The summed E-state index contributed by atoms with van der Waals surface area (Å²) in [4.78, 5) is 11.8. The van der Waals surface area contributed by atoms with E-state index in [9.17, 15) is 15.0 Å². The Morgan fingerprint density at radius 2 is 2.00 bits per heavy atom. The molecule has 0 amide bonds. The highest BCUT2D eigenvalue weighted by Gasteiger charge is 2.34. The summed E-state index contributed by atoms with van der Waals surface area (Å²) in [5.74, 6) is 0.168. The number of hydrogen-bond acceptors (Lipinski definition) is 4. The molecule has 0 saturated carbocycles. The van der Waals surface area contributed by atoms with Crippen molar-refractivity contribution in [1.29, 1.82) is 0 Å². The number of benzene rings is 1. The molecule has 0 saturated heterocycles. The highest BCUT2D eigenvalue weighted by molar-refractivity contribution is 6.03. The molecule has 1 heterocycles. The maximum Gasteiger partial charge on any atom is 0.198 e. The summed E-state index contributed by atoms with van der Waals surface area (Å²) in [5, 5.41) is 19.4. The fourth-order valence-corrected chi connectivity index (χ4v) is 1.91. The monoisotopic (exact) mass is 222 g/mol. The van der Waals surface area contributed by atoms with Crippen molar-refractivity contribution in [2.24, 2.45) is 0 Å². The zero-order valence-electron chi connectivity index (χ0n) is 9.44. The van der Waals surface area contributed by atoms with E-state index in [1.165, 1.54) is 0 Å². The van der Waals surface area contributed by atoms with Crippen molar-refractivity contribution in [3.8, 4) is 11.5 Å². The molecular formula is C12H14O4. The molecular weight excluding hydrogens is 208 g/mol. The Hall–Kier alpha value is -1.55. The number of fused-ring (bicyclic) bond motifs is 1. The molecule has 16 heavy (non-hydrogen) atoms. The molecule has 1 aliphatic rings. The van der Waals surface area contributed by atoms with E-state index in [1.54, 1.807) is 26.8 Å². The van der Waals surface area contributed by atoms with Crippen LogP contribution in [-0.4, -0.2) is 28.2 Å². The number of aliphatic hydroxyl groups is 1. The van der Waals surface area contributed by atoms with E-state index in [-0.39, 0.29) is 11.5 Å². The molecule has 1 aromatic rings. The van der Waals surface area contributed by atoms with Gasteiger partial charge in [-0.2, -0.15) is 0 Å². The van der Waals surface area contributed by atoms with Crippen molar-refractivity contribution in [3.63, 3.8) is 0 Å². The van der Waals surface area contributed by atoms with Crippen LogP contribution in [0.25, 0.3) is 0 Å². The molecule has 2 N–H and O–H groups in total. The molecule has 0 aliphatic carbocycles. The third-order valence-corrected chi connectivity index (χ3v) is 2.96. The van der Waals surface area contributed by atoms with Crippen molar-refractivity contribution in [3.05, 3.63) is 22.8 Å². The lowest BCUT2D eigenvalue weighted by atomic mass is 9.94. The van der Waals surface area contributed by atoms with Crippen LogP contribution in [-0.2, 0) is 0 Å². The van der Waals surface area contributed by atoms with Crippen LogP contribution < -0.4 is 4.74 Å². The Morgan fingerprint density at radius 1 is 1.38 bits per heavy atom. The lowest BCUT2D eigenvalue weighted by molar-refractivity contribution is 0.0286. The Labute approximate surface area is 93.5 Å². The number of phenols is 1. The summed E-state index contributed by atoms with van der Waals surface area (Å²) in [5.41, 5.74) is 1.50. The Bertz CT molecular complexity index is 465. The molecule has 0 fully saturated rings. The standard InChI is InChI=1S/C12H14O4/c1-5-4-8-11(15)10(14)7(3)16-12(8)6(2)9(5)13/h4,7,10,13-14H,1-3H3. The van der Waals surface area contributed by atoms with E-state index >= 15 is 0 Å². The van der Waals surface area contributed by atoms with Gasteiger partial charge in [0.1, 0.15) is 17.6 Å². The highest BCUT2D eigenvalue weighted by atomic mass is 16.5. The van der Waals surface area contributed by atoms with Crippen LogP contribution in [0.5, 0.6) is 11.5 Å². The van der Waals surface area contributed by atoms with Gasteiger partial charge >= 0.3 is 0 Å². The molecule has 2 rings (SSSR count). The van der Waals surface area contributed by atoms with Gasteiger partial charge < -0.3 is 14.9 Å². The van der Waals surface area contributed by atoms with Gasteiger partial charge in [-0.05, 0) is 32.4 Å². The quantitative estimate of drug-likeness (QED) is 0.695. The maximum atomic E-state index is 11.8. The SMILES string of the molecule is Cc1cc2c(c(C)c1O)OC(C)C(O)C2=O. The fraction of sp³-hybridized carbons (Fsp3) is 0.417. The molecule has 4 heteroatoms. The first-order chi connectivity index (χ1) is 7.43. The van der Waals surface area contributed by atoms with Crippen LogP contribution in [0.3, 0.4) is 0 Å².